The van der Waals surface area contributed by atoms with Crippen molar-refractivity contribution in [3.8, 4) is 6.07 Å². The summed E-state index contributed by atoms with van der Waals surface area (Å²) in [6, 6.07) is 8.26. The Labute approximate surface area is 123 Å². The molecule has 0 aliphatic heterocycles. The fraction of sp³-hybridized carbons (Fsp3) is 0.533. The van der Waals surface area contributed by atoms with Crippen molar-refractivity contribution in [2.24, 2.45) is 11.7 Å². The summed E-state index contributed by atoms with van der Waals surface area (Å²) in [5.41, 5.74) is 7.48. The number of nitrogens with two attached hydrogens (primary N) is 1. The number of halogens is 1. The highest BCUT2D eigenvalue weighted by molar-refractivity contribution is 9.10. The van der Waals surface area contributed by atoms with Crippen LogP contribution < -0.4 is 11.1 Å². The maximum atomic E-state index is 9.20. The first-order chi connectivity index (χ1) is 9.24. The lowest BCUT2D eigenvalue weighted by Crippen LogP contribution is -2.37. The van der Waals surface area contributed by atoms with Crippen molar-refractivity contribution >= 4 is 21.6 Å². The molecule has 1 fully saturated rings. The number of hydrogen-bond donors (Lipinski definition) is 2. The van der Waals surface area contributed by atoms with Crippen LogP contribution in [0.2, 0.25) is 0 Å². The summed E-state index contributed by atoms with van der Waals surface area (Å²) in [5, 5.41) is 12.7. The molecule has 0 saturated heterocycles. The molecule has 1 saturated carbocycles. The van der Waals surface area contributed by atoms with E-state index in [9.17, 15) is 5.26 Å². The van der Waals surface area contributed by atoms with Gasteiger partial charge in [0.1, 0.15) is 6.07 Å². The van der Waals surface area contributed by atoms with Crippen LogP contribution in [0.4, 0.5) is 5.69 Å². The maximum Gasteiger partial charge on any atom is 0.101 e. The third-order valence-electron chi connectivity index (χ3n) is 3.92. The van der Waals surface area contributed by atoms with E-state index in [1.165, 1.54) is 32.1 Å². The highest BCUT2D eigenvalue weighted by Gasteiger charge is 2.23. The van der Waals surface area contributed by atoms with Gasteiger partial charge in [0.15, 0.2) is 0 Å². The first-order valence-electron chi connectivity index (χ1n) is 6.91. The van der Waals surface area contributed by atoms with Crippen LogP contribution in [-0.2, 0) is 0 Å². The fourth-order valence-corrected chi connectivity index (χ4v) is 3.20. The Bertz CT molecular complexity index is 461. The average molecular weight is 322 g/mol. The molecule has 0 heterocycles. The fourth-order valence-electron chi connectivity index (χ4n) is 2.84. The zero-order valence-corrected chi connectivity index (χ0v) is 12.6. The van der Waals surface area contributed by atoms with Gasteiger partial charge in [-0.05, 0) is 37.0 Å². The van der Waals surface area contributed by atoms with Gasteiger partial charge in [-0.2, -0.15) is 5.26 Å². The monoisotopic (exact) mass is 321 g/mol. The third kappa shape index (κ3) is 3.71. The van der Waals surface area contributed by atoms with Gasteiger partial charge in [0, 0.05) is 17.1 Å². The molecule has 1 aromatic carbocycles. The molecular weight excluding hydrogens is 302 g/mol. The summed E-state index contributed by atoms with van der Waals surface area (Å²) in [6.07, 6.45) is 6.43. The summed E-state index contributed by atoms with van der Waals surface area (Å²) in [5.74, 6) is 0.633. The van der Waals surface area contributed by atoms with E-state index in [2.05, 4.69) is 27.3 Å². The Balaban J connectivity index is 2.11. The largest absolute Gasteiger partial charge is 0.380 e. The number of hydrogen-bond acceptors (Lipinski definition) is 3. The average Bonchev–Trinajstić information content (AvgIpc) is 2.46. The second-order valence-corrected chi connectivity index (χ2v) is 6.10. The lowest BCUT2D eigenvalue weighted by atomic mass is 9.83. The topological polar surface area (TPSA) is 61.8 Å². The summed E-state index contributed by atoms with van der Waals surface area (Å²) in [4.78, 5) is 0. The van der Waals surface area contributed by atoms with E-state index in [-0.39, 0.29) is 6.04 Å². The Morgan fingerprint density at radius 1 is 1.37 bits per heavy atom. The Morgan fingerprint density at radius 2 is 2.11 bits per heavy atom. The van der Waals surface area contributed by atoms with Gasteiger partial charge in [0.05, 0.1) is 11.3 Å². The number of rotatable bonds is 4. The Kier molecular flexibility index (Phi) is 5.24. The Morgan fingerprint density at radius 3 is 2.74 bits per heavy atom. The zero-order valence-electron chi connectivity index (χ0n) is 11.0. The molecule has 1 aliphatic rings. The molecule has 4 heteroatoms. The van der Waals surface area contributed by atoms with Crippen LogP contribution in [0.1, 0.15) is 37.7 Å². The van der Waals surface area contributed by atoms with Crippen molar-refractivity contribution in [2.45, 2.75) is 38.1 Å². The molecule has 3 nitrogen and oxygen atoms in total. The van der Waals surface area contributed by atoms with Crippen molar-refractivity contribution < 1.29 is 0 Å². The molecule has 0 aromatic heterocycles. The van der Waals surface area contributed by atoms with Crippen molar-refractivity contribution in [1.82, 2.24) is 0 Å². The molecular formula is C15H20BrN3. The van der Waals surface area contributed by atoms with Crippen molar-refractivity contribution in [3.05, 3.63) is 28.2 Å². The van der Waals surface area contributed by atoms with Crippen LogP contribution >= 0.6 is 15.9 Å². The van der Waals surface area contributed by atoms with Gasteiger partial charge < -0.3 is 11.1 Å². The predicted octanol–water partition coefficient (Wildman–Crippen LogP) is 3.64. The smallest absolute Gasteiger partial charge is 0.101 e. The van der Waals surface area contributed by atoms with Gasteiger partial charge in [-0.15, -0.1) is 0 Å². The summed E-state index contributed by atoms with van der Waals surface area (Å²) in [6.45, 7) is 0.617. The highest BCUT2D eigenvalue weighted by Crippen LogP contribution is 2.29. The molecule has 1 atom stereocenters. The predicted molar refractivity (Wildman–Crippen MR) is 81.9 cm³/mol. The van der Waals surface area contributed by atoms with E-state index in [0.717, 1.165) is 10.2 Å². The highest BCUT2D eigenvalue weighted by atomic mass is 79.9. The van der Waals surface area contributed by atoms with Crippen LogP contribution in [-0.4, -0.2) is 12.6 Å². The molecule has 3 N–H and O–H groups in total. The van der Waals surface area contributed by atoms with Gasteiger partial charge in [-0.25, -0.2) is 0 Å². The summed E-state index contributed by atoms with van der Waals surface area (Å²) >= 11 is 3.39. The first kappa shape index (κ1) is 14.4. The summed E-state index contributed by atoms with van der Waals surface area (Å²) < 4.78 is 0.927. The lowest BCUT2D eigenvalue weighted by molar-refractivity contribution is 0.320. The van der Waals surface area contributed by atoms with Crippen LogP contribution in [0.25, 0.3) is 0 Å². The number of anilines is 1. The zero-order chi connectivity index (χ0) is 13.7. The molecule has 102 valence electrons. The van der Waals surface area contributed by atoms with E-state index >= 15 is 0 Å². The second kappa shape index (κ2) is 6.93. The van der Waals surface area contributed by atoms with Crippen LogP contribution in [0.3, 0.4) is 0 Å². The first-order valence-corrected chi connectivity index (χ1v) is 7.70. The standard InChI is InChI=1S/C15H20BrN3/c16-13-6-7-14(12(8-13)9-17)19-15(10-18)11-4-2-1-3-5-11/h6-8,11,15,19H,1-5,10,18H2. The normalized spacial score (nSPS) is 17.7. The molecule has 0 radical (unpaired) electrons. The van der Waals surface area contributed by atoms with Crippen LogP contribution in [0.15, 0.2) is 22.7 Å². The minimum atomic E-state index is 0.272. The molecule has 0 bridgehead atoms. The molecule has 19 heavy (non-hydrogen) atoms. The molecule has 1 aromatic rings. The second-order valence-electron chi connectivity index (χ2n) is 5.19. The van der Waals surface area contributed by atoms with Gasteiger partial charge >= 0.3 is 0 Å². The van der Waals surface area contributed by atoms with E-state index < -0.39 is 0 Å². The molecule has 1 aliphatic carbocycles. The minimum Gasteiger partial charge on any atom is -0.380 e. The van der Waals surface area contributed by atoms with Crippen molar-refractivity contribution in [2.75, 3.05) is 11.9 Å². The van der Waals surface area contributed by atoms with Crippen LogP contribution in [0.5, 0.6) is 0 Å². The quantitative estimate of drug-likeness (QED) is 0.889. The van der Waals surface area contributed by atoms with Gasteiger partial charge in [-0.1, -0.05) is 35.2 Å². The van der Waals surface area contributed by atoms with E-state index in [1.54, 1.807) is 0 Å². The number of benzene rings is 1. The third-order valence-corrected chi connectivity index (χ3v) is 4.41. The lowest BCUT2D eigenvalue weighted by Gasteiger charge is -2.31. The van der Waals surface area contributed by atoms with E-state index in [1.807, 2.05) is 18.2 Å². The Hall–Kier alpha value is -1.05. The molecule has 2 rings (SSSR count). The number of nitrogens with one attached hydrogen (secondary N) is 1. The van der Waals surface area contributed by atoms with Crippen molar-refractivity contribution in [3.63, 3.8) is 0 Å². The van der Waals surface area contributed by atoms with Gasteiger partial charge in [0.25, 0.3) is 0 Å². The van der Waals surface area contributed by atoms with E-state index in [4.69, 9.17) is 5.73 Å². The SMILES string of the molecule is N#Cc1cc(Br)ccc1NC(CN)C1CCCCC1. The minimum absolute atomic E-state index is 0.272. The van der Waals surface area contributed by atoms with Crippen molar-refractivity contribution in [1.29, 1.82) is 5.26 Å². The maximum absolute atomic E-state index is 9.20. The van der Waals surface area contributed by atoms with Crippen LogP contribution in [0, 0.1) is 17.2 Å². The number of nitrogens with zero attached hydrogens (tertiary/aromatic N) is 1. The van der Waals surface area contributed by atoms with Gasteiger partial charge in [0.2, 0.25) is 0 Å². The summed E-state index contributed by atoms with van der Waals surface area (Å²) in [7, 11) is 0. The molecule has 0 spiro atoms. The molecule has 0 amide bonds. The van der Waals surface area contributed by atoms with Gasteiger partial charge in [-0.3, -0.25) is 0 Å². The molecule has 1 unspecified atom stereocenters. The number of nitriles is 1. The van der Waals surface area contributed by atoms with E-state index in [0.29, 0.717) is 18.0 Å².